The SMILES string of the molecule is COC[C@H]1O[C@@H]2O[C@H]3[C@H](OCc4ccccc4)[C@@H](OC)[C@@H](O[C@H]4[C@H](OCc5ccccc5)[C@@H](OC)[C@@H](O[C@H]5[C@H](OCc6ccccc6)[C@@H](OC)[C@@H](O[C@H]6[C@H](OCc7ccccc7)[C@@H](OC)[C@@H](O[C@H]7[C@H](OCc8ccccc8)[C@@H](OC)[C@@H](O[C@H]1[C@H](OCc1ccccc1)[C@H]2OC)O[C@@H]7COC)O[C@@H]6COC)O[C@@H]5COC)O[C@@H]4COC)O[C@@H]3COC. The van der Waals surface area contributed by atoms with Crippen molar-refractivity contribution >= 4 is 0 Å². The van der Waals surface area contributed by atoms with Gasteiger partial charge in [-0.05, 0) is 33.4 Å². The Morgan fingerprint density at radius 1 is 0.175 bits per heavy atom. The van der Waals surface area contributed by atoms with Gasteiger partial charge in [0.1, 0.15) is 146 Å². The number of hydrogen-bond donors (Lipinski definition) is 0. The molecule has 0 unspecified atom stereocenters. The van der Waals surface area contributed by atoms with Crippen molar-refractivity contribution in [3.05, 3.63) is 215 Å². The lowest BCUT2D eigenvalue weighted by molar-refractivity contribution is -0.413. The number of methoxy groups -OCH3 is 12. The van der Waals surface area contributed by atoms with Gasteiger partial charge in [-0.25, -0.2) is 0 Å². The van der Waals surface area contributed by atoms with Gasteiger partial charge in [-0.2, -0.15) is 0 Å². The minimum Gasteiger partial charge on any atom is -0.382 e. The van der Waals surface area contributed by atoms with Crippen LogP contribution in [0.4, 0.5) is 0 Å². The van der Waals surface area contributed by atoms with Crippen LogP contribution in [0.3, 0.4) is 0 Å². The predicted molar refractivity (Wildman–Crippen MR) is 427 cm³/mol. The van der Waals surface area contributed by atoms with E-state index >= 15 is 0 Å². The summed E-state index contributed by atoms with van der Waals surface area (Å²) in [6.45, 7) is -0.0201. The molecule has 30 heteroatoms. The molecule has 30 nitrogen and oxygen atoms in total. The molecule has 0 aromatic heterocycles. The van der Waals surface area contributed by atoms with Crippen molar-refractivity contribution in [2.75, 3.05) is 125 Å². The highest BCUT2D eigenvalue weighted by Gasteiger charge is 2.62. The summed E-state index contributed by atoms with van der Waals surface area (Å²) < 4.78 is 209. The van der Waals surface area contributed by atoms with Gasteiger partial charge in [0.15, 0.2) is 37.7 Å². The first kappa shape index (κ1) is 91.8. The molecule has 0 N–H and O–H groups in total. The van der Waals surface area contributed by atoms with Crippen molar-refractivity contribution in [2.45, 2.75) is 224 Å². The summed E-state index contributed by atoms with van der Waals surface area (Å²) in [7, 11) is 18.7. The van der Waals surface area contributed by atoms with E-state index in [2.05, 4.69) is 0 Å². The molecule has 22 saturated heterocycles. The summed E-state index contributed by atoms with van der Waals surface area (Å²) in [5, 5.41) is 0. The second-order valence-electron chi connectivity index (χ2n) is 30.4. The van der Waals surface area contributed by atoms with Gasteiger partial charge in [-0.3, -0.25) is 0 Å². The van der Waals surface area contributed by atoms with Crippen LogP contribution in [-0.2, 0) is 182 Å². The zero-order chi connectivity index (χ0) is 83.7. The average molecular weight is 1680 g/mol. The first-order valence-electron chi connectivity index (χ1n) is 40.9. The molecule has 0 saturated carbocycles. The third kappa shape index (κ3) is 22.9. The molecule has 22 heterocycles. The van der Waals surface area contributed by atoms with E-state index in [1.165, 1.54) is 0 Å². The summed E-state index contributed by atoms with van der Waals surface area (Å²) in [5.74, 6) is 0. The van der Waals surface area contributed by atoms with Gasteiger partial charge in [-0.1, -0.05) is 182 Å². The summed E-state index contributed by atoms with van der Waals surface area (Å²) in [6.07, 6.45) is -33.8. The standard InChI is InChI=1S/C90H120O30/c1-91-49-61-67-73(103-43-55-31-19-13-20-32-55)79(97-7)85(109-61)116-68-62(50-92-2)111-87(81(99-9)74(68)104-44-56-33-21-14-22-34-56)118-70-64(52-94-4)113-89(83(101-11)76(70)106-46-58-37-25-16-26-38-58)120-72-66(54-96-6)114-90(84(102-12)78(72)108-48-60-41-29-18-30-42-60)119-71-65(53-95-5)112-88(82(100-10)77(71)107-47-59-39-27-17-28-40-59)117-69-63(51-93-3)110-86(115-67)80(98-8)75(69)105-45-57-35-23-15-24-36-57/h13-42,61-90H,43-54H2,1-12H3/t61-,62-,63-,64-,65-,66-,67-,68-,69-,70-,71-,72-,73+,74+,75+,76+,77+,78+,79-,80-,81-,82-,83-,84-,85-,86-,87-,88-,89-,90-/m1/s1. The molecule has 0 aliphatic carbocycles. The molecule has 22 aliphatic heterocycles. The molecular weight excluding hydrogens is 1560 g/mol. The van der Waals surface area contributed by atoms with E-state index in [1.807, 2.05) is 182 Å². The average Bonchev–Trinajstić information content (AvgIpc) is 0.759. The van der Waals surface area contributed by atoms with Gasteiger partial charge in [0.25, 0.3) is 0 Å². The Kier molecular flexibility index (Phi) is 35.9. The van der Waals surface area contributed by atoms with Gasteiger partial charge < -0.3 is 142 Å². The topological polar surface area (TPSA) is 277 Å². The van der Waals surface area contributed by atoms with Gasteiger partial charge >= 0.3 is 0 Å². The highest BCUT2D eigenvalue weighted by molar-refractivity contribution is 5.19. The Morgan fingerprint density at radius 3 is 0.425 bits per heavy atom. The van der Waals surface area contributed by atoms with Crippen LogP contribution in [0.5, 0.6) is 0 Å². The van der Waals surface area contributed by atoms with E-state index in [4.69, 9.17) is 142 Å². The lowest BCUT2D eigenvalue weighted by Gasteiger charge is -2.53. The van der Waals surface area contributed by atoms with E-state index in [1.54, 1.807) is 85.3 Å². The Hall–Kier alpha value is -5.88. The number of rotatable bonds is 36. The molecule has 0 radical (unpaired) electrons. The van der Waals surface area contributed by atoms with Gasteiger partial charge in [0, 0.05) is 85.3 Å². The van der Waals surface area contributed by atoms with Crippen LogP contribution in [0, 0.1) is 0 Å². The summed E-state index contributed by atoms with van der Waals surface area (Å²) in [4.78, 5) is 0. The molecule has 6 aromatic rings. The van der Waals surface area contributed by atoms with Crippen molar-refractivity contribution in [2.24, 2.45) is 0 Å². The monoisotopic (exact) mass is 1680 g/mol. The quantitative estimate of drug-likeness (QED) is 0.0359. The van der Waals surface area contributed by atoms with Crippen LogP contribution in [0.1, 0.15) is 33.4 Å². The summed E-state index contributed by atoms with van der Waals surface area (Å²) in [5.41, 5.74) is 5.07. The third-order valence-corrected chi connectivity index (χ3v) is 22.6. The number of hydrogen-bond acceptors (Lipinski definition) is 30. The lowest BCUT2D eigenvalue weighted by Crippen LogP contribution is -2.70. The summed E-state index contributed by atoms with van der Waals surface area (Å²) >= 11 is 0. The van der Waals surface area contributed by atoms with Gasteiger partial charge in [0.05, 0.1) is 79.3 Å². The Labute approximate surface area is 703 Å². The Morgan fingerprint density at radius 2 is 0.308 bits per heavy atom. The molecule has 12 bridgehead atoms. The van der Waals surface area contributed by atoms with Crippen LogP contribution >= 0.6 is 0 Å². The normalized spacial score (nSPS) is 35.6. The fraction of sp³-hybridized carbons (Fsp3) is 0.600. The maximum absolute atomic E-state index is 7.51. The molecule has 660 valence electrons. The van der Waals surface area contributed by atoms with Crippen molar-refractivity contribution in [3.8, 4) is 0 Å². The molecule has 30 atom stereocenters. The van der Waals surface area contributed by atoms with E-state index in [0.717, 1.165) is 33.4 Å². The highest BCUT2D eigenvalue weighted by Crippen LogP contribution is 2.44. The first-order valence-corrected chi connectivity index (χ1v) is 40.9. The fourth-order valence-electron chi connectivity index (χ4n) is 16.9. The largest absolute Gasteiger partial charge is 0.382 e. The zero-order valence-electron chi connectivity index (χ0n) is 70.4. The Bertz CT molecular complexity index is 3170. The molecule has 28 rings (SSSR count). The molecule has 0 spiro atoms. The number of ether oxygens (including phenoxy) is 30. The number of benzene rings is 6. The van der Waals surface area contributed by atoms with Crippen molar-refractivity contribution in [1.29, 1.82) is 0 Å². The zero-order valence-corrected chi connectivity index (χ0v) is 70.4. The summed E-state index contributed by atoms with van der Waals surface area (Å²) in [6, 6.07) is 58.4. The van der Waals surface area contributed by atoms with Crippen LogP contribution in [-0.4, -0.2) is 309 Å². The van der Waals surface area contributed by atoms with Gasteiger partial charge in [-0.15, -0.1) is 0 Å². The molecular formula is C90H120O30. The van der Waals surface area contributed by atoms with Crippen LogP contribution in [0.2, 0.25) is 0 Å². The van der Waals surface area contributed by atoms with E-state index in [0.29, 0.717) is 0 Å². The smallest absolute Gasteiger partial charge is 0.187 e. The van der Waals surface area contributed by atoms with Crippen LogP contribution < -0.4 is 0 Å². The van der Waals surface area contributed by atoms with Crippen molar-refractivity contribution in [3.63, 3.8) is 0 Å². The maximum Gasteiger partial charge on any atom is 0.187 e. The van der Waals surface area contributed by atoms with Crippen molar-refractivity contribution < 1.29 is 142 Å². The molecule has 22 fully saturated rings. The molecule has 6 aromatic carbocycles. The molecule has 120 heavy (non-hydrogen) atoms. The second kappa shape index (κ2) is 46.9. The molecule has 0 amide bonds. The van der Waals surface area contributed by atoms with E-state index in [-0.39, 0.29) is 79.3 Å². The van der Waals surface area contributed by atoms with E-state index in [9.17, 15) is 0 Å². The Balaban J connectivity index is 0.975. The lowest BCUT2D eigenvalue weighted by atomic mass is 9.94. The van der Waals surface area contributed by atoms with Crippen LogP contribution in [0.25, 0.3) is 0 Å². The van der Waals surface area contributed by atoms with E-state index < -0.39 is 184 Å². The first-order chi connectivity index (χ1) is 59.0. The van der Waals surface area contributed by atoms with Gasteiger partial charge in [0.2, 0.25) is 0 Å². The minimum absolute atomic E-state index is 0.0729. The molecule has 22 aliphatic rings. The van der Waals surface area contributed by atoms with Crippen LogP contribution in [0.15, 0.2) is 182 Å². The highest BCUT2D eigenvalue weighted by atomic mass is 16.8. The second-order valence-corrected chi connectivity index (χ2v) is 30.4. The fourth-order valence-corrected chi connectivity index (χ4v) is 16.9. The predicted octanol–water partition coefficient (Wildman–Crippen LogP) is 8.14. The third-order valence-electron chi connectivity index (χ3n) is 22.6. The minimum atomic E-state index is -1.32. The van der Waals surface area contributed by atoms with Crippen molar-refractivity contribution in [1.82, 2.24) is 0 Å². The maximum atomic E-state index is 7.51.